The SMILES string of the molecule is CCc1cc(Br)ccc1N1COCC(C(=O)OC)=C1C(=O)OC. The van der Waals surface area contributed by atoms with Gasteiger partial charge in [0.1, 0.15) is 12.4 Å². The smallest absolute Gasteiger partial charge is 0.355 e. The zero-order chi connectivity index (χ0) is 17.0. The summed E-state index contributed by atoms with van der Waals surface area (Å²) >= 11 is 3.44. The molecule has 0 aromatic heterocycles. The van der Waals surface area contributed by atoms with Crippen LogP contribution < -0.4 is 4.90 Å². The number of halogens is 1. The molecule has 1 aliphatic heterocycles. The lowest BCUT2D eigenvalue weighted by atomic mass is 10.1. The second-order valence-electron chi connectivity index (χ2n) is 4.84. The van der Waals surface area contributed by atoms with Gasteiger partial charge < -0.3 is 19.1 Å². The van der Waals surface area contributed by atoms with Crippen molar-refractivity contribution in [3.05, 3.63) is 39.5 Å². The zero-order valence-corrected chi connectivity index (χ0v) is 14.8. The molecule has 0 amide bonds. The second kappa shape index (κ2) is 7.61. The van der Waals surface area contributed by atoms with Gasteiger partial charge in [-0.1, -0.05) is 22.9 Å². The van der Waals surface area contributed by atoms with Gasteiger partial charge in [0.05, 0.1) is 26.4 Å². The summed E-state index contributed by atoms with van der Waals surface area (Å²) in [5.41, 5.74) is 2.10. The van der Waals surface area contributed by atoms with Crippen LogP contribution in [0.3, 0.4) is 0 Å². The molecule has 0 fully saturated rings. The third-order valence-electron chi connectivity index (χ3n) is 3.55. The lowest BCUT2D eigenvalue weighted by Crippen LogP contribution is -2.39. The molecule has 0 saturated heterocycles. The molecule has 23 heavy (non-hydrogen) atoms. The normalized spacial score (nSPS) is 14.7. The topological polar surface area (TPSA) is 65.1 Å². The molecule has 1 aromatic rings. The van der Waals surface area contributed by atoms with Gasteiger partial charge in [-0.2, -0.15) is 0 Å². The number of hydrogen-bond donors (Lipinski definition) is 0. The molecule has 0 saturated carbocycles. The van der Waals surface area contributed by atoms with E-state index in [9.17, 15) is 9.59 Å². The third-order valence-corrected chi connectivity index (χ3v) is 4.04. The molecule has 7 heteroatoms. The summed E-state index contributed by atoms with van der Waals surface area (Å²) in [6.45, 7) is 2.17. The van der Waals surface area contributed by atoms with Gasteiger partial charge in [-0.3, -0.25) is 0 Å². The Morgan fingerprint density at radius 3 is 2.57 bits per heavy atom. The van der Waals surface area contributed by atoms with Crippen molar-refractivity contribution in [1.29, 1.82) is 0 Å². The fraction of sp³-hybridized carbons (Fsp3) is 0.375. The van der Waals surface area contributed by atoms with Gasteiger partial charge in [0.15, 0.2) is 0 Å². The highest BCUT2D eigenvalue weighted by molar-refractivity contribution is 9.10. The van der Waals surface area contributed by atoms with Crippen LogP contribution in [-0.4, -0.2) is 39.5 Å². The van der Waals surface area contributed by atoms with Crippen molar-refractivity contribution in [2.24, 2.45) is 0 Å². The maximum Gasteiger partial charge on any atom is 0.355 e. The highest BCUT2D eigenvalue weighted by atomic mass is 79.9. The fourth-order valence-electron chi connectivity index (χ4n) is 2.43. The van der Waals surface area contributed by atoms with Crippen LogP contribution in [0.1, 0.15) is 12.5 Å². The van der Waals surface area contributed by atoms with E-state index in [0.29, 0.717) is 0 Å². The Hall–Kier alpha value is -1.86. The molecule has 0 unspecified atom stereocenters. The first kappa shape index (κ1) is 17.5. The lowest BCUT2D eigenvalue weighted by molar-refractivity contribution is -0.140. The van der Waals surface area contributed by atoms with Crippen molar-refractivity contribution in [1.82, 2.24) is 0 Å². The Balaban J connectivity index is 2.60. The van der Waals surface area contributed by atoms with Crippen LogP contribution >= 0.6 is 15.9 Å². The first-order valence-corrected chi connectivity index (χ1v) is 7.86. The first-order chi connectivity index (χ1) is 11.0. The highest BCUT2D eigenvalue weighted by Crippen LogP contribution is 2.31. The van der Waals surface area contributed by atoms with Crippen molar-refractivity contribution in [2.75, 3.05) is 32.5 Å². The van der Waals surface area contributed by atoms with Crippen LogP contribution in [0.4, 0.5) is 5.69 Å². The Kier molecular flexibility index (Phi) is 5.79. The number of rotatable bonds is 4. The van der Waals surface area contributed by atoms with Crippen LogP contribution in [-0.2, 0) is 30.2 Å². The van der Waals surface area contributed by atoms with Crippen molar-refractivity contribution in [3.63, 3.8) is 0 Å². The number of esters is 2. The average molecular weight is 384 g/mol. The van der Waals surface area contributed by atoms with Gasteiger partial charge in [-0.15, -0.1) is 0 Å². The summed E-state index contributed by atoms with van der Waals surface area (Å²) in [5, 5.41) is 0. The number of nitrogens with zero attached hydrogens (tertiary/aromatic N) is 1. The number of carbonyl (C=O) groups excluding carboxylic acids is 2. The maximum absolute atomic E-state index is 12.3. The Morgan fingerprint density at radius 1 is 1.26 bits per heavy atom. The predicted molar refractivity (Wildman–Crippen MR) is 87.9 cm³/mol. The van der Waals surface area contributed by atoms with Crippen LogP contribution in [0.5, 0.6) is 0 Å². The van der Waals surface area contributed by atoms with Crippen molar-refractivity contribution in [2.45, 2.75) is 13.3 Å². The number of benzene rings is 1. The number of ether oxygens (including phenoxy) is 3. The number of methoxy groups -OCH3 is 2. The monoisotopic (exact) mass is 383 g/mol. The Labute approximate surface area is 143 Å². The molecule has 0 radical (unpaired) electrons. The standard InChI is InChI=1S/C16H18BrNO5/c1-4-10-7-11(17)5-6-13(10)18-9-23-8-12(15(19)21-2)14(18)16(20)22-3/h5-7H,4,8-9H2,1-3H3. The van der Waals surface area contributed by atoms with Crippen LogP contribution in [0.25, 0.3) is 0 Å². The van der Waals surface area contributed by atoms with E-state index in [1.165, 1.54) is 14.2 Å². The van der Waals surface area contributed by atoms with E-state index in [1.54, 1.807) is 4.90 Å². The van der Waals surface area contributed by atoms with Gasteiger partial charge in [-0.25, -0.2) is 9.59 Å². The molecular weight excluding hydrogens is 366 g/mol. The minimum absolute atomic E-state index is 0.00555. The number of hydrogen-bond acceptors (Lipinski definition) is 6. The number of carbonyl (C=O) groups is 2. The summed E-state index contributed by atoms with van der Waals surface area (Å²) in [6, 6.07) is 5.71. The van der Waals surface area contributed by atoms with Gasteiger partial charge in [0.25, 0.3) is 0 Å². The molecule has 1 aliphatic rings. The van der Waals surface area contributed by atoms with Gasteiger partial charge in [-0.05, 0) is 30.2 Å². The summed E-state index contributed by atoms with van der Waals surface area (Å²) < 4.78 is 16.0. The van der Waals surface area contributed by atoms with E-state index in [1.807, 2.05) is 25.1 Å². The van der Waals surface area contributed by atoms with Gasteiger partial charge in [0, 0.05) is 10.2 Å². The molecule has 1 aromatic carbocycles. The average Bonchev–Trinajstić information content (AvgIpc) is 2.59. The van der Waals surface area contributed by atoms with E-state index >= 15 is 0 Å². The molecule has 0 aliphatic carbocycles. The third kappa shape index (κ3) is 3.56. The van der Waals surface area contributed by atoms with Gasteiger partial charge >= 0.3 is 11.9 Å². The Bertz CT molecular complexity index is 656. The highest BCUT2D eigenvalue weighted by Gasteiger charge is 2.33. The van der Waals surface area contributed by atoms with E-state index in [0.717, 1.165) is 22.1 Å². The molecule has 0 atom stereocenters. The second-order valence-corrected chi connectivity index (χ2v) is 5.76. The first-order valence-electron chi connectivity index (χ1n) is 7.07. The quantitative estimate of drug-likeness (QED) is 0.743. The summed E-state index contributed by atoms with van der Waals surface area (Å²) in [5.74, 6) is -1.20. The molecule has 2 rings (SSSR count). The van der Waals surface area contributed by atoms with Gasteiger partial charge in [0.2, 0.25) is 0 Å². The molecule has 0 bridgehead atoms. The fourth-order valence-corrected chi connectivity index (χ4v) is 2.84. The van der Waals surface area contributed by atoms with Crippen LogP contribution in [0.15, 0.2) is 33.9 Å². The Morgan fingerprint density at radius 2 is 1.96 bits per heavy atom. The lowest BCUT2D eigenvalue weighted by Gasteiger charge is -2.32. The predicted octanol–water partition coefficient (Wildman–Crippen LogP) is 2.41. The van der Waals surface area contributed by atoms with Crippen molar-refractivity contribution < 1.29 is 23.8 Å². The molecule has 1 heterocycles. The van der Waals surface area contributed by atoms with E-state index in [-0.39, 0.29) is 24.6 Å². The molecule has 0 spiro atoms. The van der Waals surface area contributed by atoms with E-state index in [4.69, 9.17) is 14.2 Å². The van der Waals surface area contributed by atoms with Crippen LogP contribution in [0.2, 0.25) is 0 Å². The summed E-state index contributed by atoms with van der Waals surface area (Å²) in [4.78, 5) is 25.9. The number of anilines is 1. The van der Waals surface area contributed by atoms with E-state index in [2.05, 4.69) is 15.9 Å². The largest absolute Gasteiger partial charge is 0.466 e. The molecule has 6 nitrogen and oxygen atoms in total. The zero-order valence-electron chi connectivity index (χ0n) is 13.2. The van der Waals surface area contributed by atoms with E-state index < -0.39 is 11.9 Å². The minimum atomic E-state index is -0.606. The molecule has 124 valence electrons. The maximum atomic E-state index is 12.3. The molecule has 0 N–H and O–H groups in total. The summed E-state index contributed by atoms with van der Waals surface area (Å²) in [6.07, 6.45) is 0.757. The molecular formula is C16H18BrNO5. The van der Waals surface area contributed by atoms with Crippen LogP contribution in [0, 0.1) is 0 Å². The number of aryl methyl sites for hydroxylation is 1. The van der Waals surface area contributed by atoms with Crippen molar-refractivity contribution >= 4 is 33.6 Å². The summed E-state index contributed by atoms with van der Waals surface area (Å²) in [7, 11) is 2.54. The van der Waals surface area contributed by atoms with Crippen molar-refractivity contribution in [3.8, 4) is 0 Å². The minimum Gasteiger partial charge on any atom is -0.466 e.